The molecule has 0 spiro atoms. The Bertz CT molecular complexity index is 586. The minimum Gasteiger partial charge on any atom is -0.474 e. The van der Waals surface area contributed by atoms with Gasteiger partial charge in [0.2, 0.25) is 4.38 Å². The molecule has 2 bridgehead atoms. The molecule has 0 aromatic carbocycles. The second-order valence-electron chi connectivity index (χ2n) is 10.9. The van der Waals surface area contributed by atoms with Gasteiger partial charge in [0.1, 0.15) is 6.10 Å². The van der Waals surface area contributed by atoms with Gasteiger partial charge in [0.25, 0.3) is 0 Å². The number of hydrogen-bond donors (Lipinski definition) is 0. The molecule has 0 aromatic heterocycles. The molecular formula is C20H36O3S2Si. The second kappa shape index (κ2) is 6.44. The second-order valence-corrected chi connectivity index (χ2v) is 17.0. The fraction of sp³-hybridized carbons (Fsp3) is 0.950. The molecule has 1 aliphatic carbocycles. The third kappa shape index (κ3) is 3.32. The summed E-state index contributed by atoms with van der Waals surface area (Å²) in [5.41, 5.74) is 0.0308. The van der Waals surface area contributed by atoms with Gasteiger partial charge in [-0.05, 0) is 55.9 Å². The van der Waals surface area contributed by atoms with Crippen LogP contribution in [0.15, 0.2) is 0 Å². The first kappa shape index (κ1) is 21.1. The predicted molar refractivity (Wildman–Crippen MR) is 116 cm³/mol. The Hall–Kier alpha value is 0.377. The summed E-state index contributed by atoms with van der Waals surface area (Å²) in [5.74, 6) is 0.917. The van der Waals surface area contributed by atoms with Crippen LogP contribution in [0.4, 0.5) is 0 Å². The standard InChI is InChI=1S/C20H36O3S2Si/c1-18(2,3)26(8,9)23-13-11-20(6)12-10-19(4,5)16(21-17(24)25-7)14(12)15(13)22-20/h12-16H,10-11H2,1-9H3/t12-,13-,14+,15-,16-,20+/m0/s1. The third-order valence-electron chi connectivity index (χ3n) is 7.51. The van der Waals surface area contributed by atoms with Crippen LogP contribution in [0.1, 0.15) is 54.4 Å². The van der Waals surface area contributed by atoms with E-state index in [9.17, 15) is 0 Å². The average Bonchev–Trinajstić information content (AvgIpc) is 3.02. The molecule has 2 heterocycles. The van der Waals surface area contributed by atoms with Gasteiger partial charge in [-0.15, -0.1) is 0 Å². The van der Waals surface area contributed by atoms with Crippen molar-refractivity contribution in [1.82, 2.24) is 0 Å². The lowest BCUT2D eigenvalue weighted by atomic mass is 9.73. The highest BCUT2D eigenvalue weighted by atomic mass is 32.2. The van der Waals surface area contributed by atoms with Gasteiger partial charge in [0.15, 0.2) is 8.32 Å². The highest BCUT2D eigenvalue weighted by Crippen LogP contribution is 2.64. The van der Waals surface area contributed by atoms with Crippen molar-refractivity contribution in [3.63, 3.8) is 0 Å². The molecule has 6 heteroatoms. The van der Waals surface area contributed by atoms with E-state index in [1.807, 2.05) is 6.26 Å². The van der Waals surface area contributed by atoms with Gasteiger partial charge in [-0.1, -0.05) is 46.4 Å². The fourth-order valence-corrected chi connectivity index (χ4v) is 6.78. The van der Waals surface area contributed by atoms with Crippen LogP contribution in [-0.4, -0.2) is 42.9 Å². The van der Waals surface area contributed by atoms with Crippen LogP contribution in [0.25, 0.3) is 0 Å². The van der Waals surface area contributed by atoms with E-state index < -0.39 is 8.32 Å². The van der Waals surface area contributed by atoms with Crippen LogP contribution >= 0.6 is 24.0 Å². The molecule has 0 N–H and O–H groups in total. The monoisotopic (exact) mass is 416 g/mol. The number of thioether (sulfide) groups is 1. The van der Waals surface area contributed by atoms with E-state index in [0.717, 1.165) is 12.8 Å². The molecule has 3 fully saturated rings. The zero-order valence-electron chi connectivity index (χ0n) is 17.8. The van der Waals surface area contributed by atoms with Gasteiger partial charge in [-0.25, -0.2) is 0 Å². The van der Waals surface area contributed by atoms with Crippen molar-refractivity contribution in [1.29, 1.82) is 0 Å². The Kier molecular flexibility index (Phi) is 5.23. The quantitative estimate of drug-likeness (QED) is 0.439. The molecular weight excluding hydrogens is 380 g/mol. The van der Waals surface area contributed by atoms with E-state index in [0.29, 0.717) is 16.2 Å². The number of thiocarbonyl (C=S) groups is 1. The highest BCUT2D eigenvalue weighted by Gasteiger charge is 2.70. The number of ether oxygens (including phenoxy) is 2. The van der Waals surface area contributed by atoms with Crippen molar-refractivity contribution in [3.8, 4) is 0 Å². The van der Waals surface area contributed by atoms with Gasteiger partial charge >= 0.3 is 0 Å². The molecule has 0 radical (unpaired) electrons. The van der Waals surface area contributed by atoms with Crippen LogP contribution in [0.5, 0.6) is 0 Å². The first-order valence-corrected chi connectivity index (χ1v) is 14.4. The van der Waals surface area contributed by atoms with Crippen molar-refractivity contribution < 1.29 is 13.9 Å². The van der Waals surface area contributed by atoms with Gasteiger partial charge in [0, 0.05) is 17.8 Å². The van der Waals surface area contributed by atoms with E-state index in [1.165, 1.54) is 11.8 Å². The summed E-state index contributed by atoms with van der Waals surface area (Å²) in [7, 11) is -1.83. The van der Waals surface area contributed by atoms with E-state index in [2.05, 4.69) is 54.6 Å². The van der Waals surface area contributed by atoms with Crippen molar-refractivity contribution in [3.05, 3.63) is 0 Å². The SMILES string of the molecule is CSC(=S)O[C@H]1[C@H]2[C@H]3O[C@](C)(C[C@@H]3O[Si](C)(C)C(C)(C)C)[C@H]2CC1(C)C. The lowest BCUT2D eigenvalue weighted by molar-refractivity contribution is -0.0394. The Morgan fingerprint density at radius 1 is 1.19 bits per heavy atom. The molecule has 0 unspecified atom stereocenters. The molecule has 0 amide bonds. The van der Waals surface area contributed by atoms with Gasteiger partial charge in [-0.2, -0.15) is 0 Å². The van der Waals surface area contributed by atoms with Crippen LogP contribution in [-0.2, 0) is 13.9 Å². The Labute approximate surface area is 170 Å². The average molecular weight is 417 g/mol. The van der Waals surface area contributed by atoms with Crippen molar-refractivity contribution in [2.24, 2.45) is 17.3 Å². The summed E-state index contributed by atoms with van der Waals surface area (Å²) in [6, 6.07) is 0. The summed E-state index contributed by atoms with van der Waals surface area (Å²) >= 11 is 6.93. The smallest absolute Gasteiger partial charge is 0.219 e. The van der Waals surface area contributed by atoms with Crippen LogP contribution < -0.4 is 0 Å². The van der Waals surface area contributed by atoms with E-state index in [1.54, 1.807) is 0 Å². The van der Waals surface area contributed by atoms with Gasteiger partial charge in [0.05, 0.1) is 17.8 Å². The molecule has 1 saturated carbocycles. The zero-order chi connectivity index (χ0) is 19.7. The van der Waals surface area contributed by atoms with E-state index >= 15 is 0 Å². The van der Waals surface area contributed by atoms with E-state index in [4.69, 9.17) is 26.1 Å². The lowest BCUT2D eigenvalue weighted by Gasteiger charge is -2.42. The summed E-state index contributed by atoms with van der Waals surface area (Å²) in [6.07, 6.45) is 4.58. The summed E-state index contributed by atoms with van der Waals surface area (Å²) in [4.78, 5) is 0. The molecule has 6 atom stereocenters. The Morgan fingerprint density at radius 2 is 1.81 bits per heavy atom. The van der Waals surface area contributed by atoms with Crippen molar-refractivity contribution >= 4 is 36.7 Å². The fourth-order valence-electron chi connectivity index (χ4n) is 5.14. The molecule has 0 aromatic rings. The molecule has 2 saturated heterocycles. The van der Waals surface area contributed by atoms with E-state index in [-0.39, 0.29) is 34.4 Å². The first-order chi connectivity index (χ1) is 11.7. The number of fused-ring (bicyclic) bond motifs is 5. The minimum absolute atomic E-state index is 0.0846. The summed E-state index contributed by atoms with van der Waals surface area (Å²) in [6.45, 7) is 18.5. The largest absolute Gasteiger partial charge is 0.474 e. The topological polar surface area (TPSA) is 27.7 Å². The van der Waals surface area contributed by atoms with Gasteiger partial charge in [-0.3, -0.25) is 0 Å². The highest BCUT2D eigenvalue weighted by molar-refractivity contribution is 8.22. The normalized spacial score (nSPS) is 41.3. The van der Waals surface area contributed by atoms with Crippen LogP contribution in [0.3, 0.4) is 0 Å². The minimum atomic E-state index is -1.83. The summed E-state index contributed by atoms with van der Waals surface area (Å²) in [5, 5.41) is 0.209. The third-order valence-corrected chi connectivity index (χ3v) is 13.0. The lowest BCUT2D eigenvalue weighted by Crippen LogP contribution is -2.51. The maximum absolute atomic E-state index is 6.84. The molecule has 3 aliphatic rings. The van der Waals surface area contributed by atoms with Crippen molar-refractivity contribution in [2.45, 2.75) is 96.4 Å². The molecule has 3 rings (SSSR count). The molecule has 26 heavy (non-hydrogen) atoms. The maximum Gasteiger partial charge on any atom is 0.219 e. The maximum atomic E-state index is 6.84. The first-order valence-electron chi connectivity index (χ1n) is 9.82. The molecule has 3 nitrogen and oxygen atoms in total. The van der Waals surface area contributed by atoms with Crippen LogP contribution in [0, 0.1) is 17.3 Å². The number of hydrogen-bond acceptors (Lipinski definition) is 5. The number of rotatable bonds is 3. The van der Waals surface area contributed by atoms with Crippen LogP contribution in [0.2, 0.25) is 18.1 Å². The zero-order valence-corrected chi connectivity index (χ0v) is 20.5. The van der Waals surface area contributed by atoms with Gasteiger partial charge < -0.3 is 13.9 Å². The Morgan fingerprint density at radius 3 is 2.35 bits per heavy atom. The molecule has 2 aliphatic heterocycles. The van der Waals surface area contributed by atoms with Crippen molar-refractivity contribution in [2.75, 3.05) is 6.26 Å². The Balaban J connectivity index is 1.86. The molecule has 150 valence electrons. The predicted octanol–water partition coefficient (Wildman–Crippen LogP) is 5.63. The summed E-state index contributed by atoms with van der Waals surface area (Å²) < 4.78 is 20.4.